The minimum absolute atomic E-state index is 0.883. The van der Waals surface area contributed by atoms with E-state index in [9.17, 15) is 0 Å². The van der Waals surface area contributed by atoms with E-state index >= 15 is 0 Å². The highest BCUT2D eigenvalue weighted by Crippen LogP contribution is 2.34. The van der Waals surface area contributed by atoms with Crippen molar-refractivity contribution in [2.45, 2.75) is 13.3 Å². The monoisotopic (exact) mass is 301 g/mol. The molecule has 0 fully saturated rings. The van der Waals surface area contributed by atoms with Crippen molar-refractivity contribution in [3.8, 4) is 5.69 Å². The van der Waals surface area contributed by atoms with Gasteiger partial charge in [0, 0.05) is 30.3 Å². The summed E-state index contributed by atoms with van der Waals surface area (Å²) >= 11 is 0. The molecule has 0 N–H and O–H groups in total. The van der Waals surface area contributed by atoms with Crippen molar-refractivity contribution in [2.24, 2.45) is 14.1 Å². The summed E-state index contributed by atoms with van der Waals surface area (Å²) in [5, 5.41) is 1.26. The summed E-state index contributed by atoms with van der Waals surface area (Å²) in [5.41, 5.74) is 7.26. The van der Waals surface area contributed by atoms with Crippen LogP contribution in [0, 0.1) is 13.1 Å². The summed E-state index contributed by atoms with van der Waals surface area (Å²) in [4.78, 5) is 4.84. The van der Waals surface area contributed by atoms with Crippen molar-refractivity contribution in [3.05, 3.63) is 59.7 Å². The maximum atomic E-state index is 4.84. The van der Waals surface area contributed by atoms with Gasteiger partial charge in [0.25, 0.3) is 5.52 Å². The molecule has 112 valence electrons. The molecule has 0 amide bonds. The molecule has 0 bridgehead atoms. The van der Waals surface area contributed by atoms with Crippen LogP contribution in [0.2, 0.25) is 0 Å². The number of rotatable bonds is 0. The van der Waals surface area contributed by atoms with Crippen LogP contribution in [0.5, 0.6) is 0 Å². The largest absolute Gasteiger partial charge is 0.342 e. The lowest BCUT2D eigenvalue weighted by Gasteiger charge is -2.07. The van der Waals surface area contributed by atoms with Crippen LogP contribution in [-0.4, -0.2) is 9.55 Å². The Balaban J connectivity index is 2.02. The minimum Gasteiger partial charge on any atom is -0.342 e. The second-order valence-corrected chi connectivity index (χ2v) is 6.32. The number of aromatic nitrogens is 4. The topological polar surface area (TPSA) is 25.6 Å². The van der Waals surface area contributed by atoms with Crippen molar-refractivity contribution >= 4 is 22.1 Å². The van der Waals surface area contributed by atoms with E-state index < -0.39 is 0 Å². The van der Waals surface area contributed by atoms with Gasteiger partial charge in [-0.3, -0.25) is 0 Å². The van der Waals surface area contributed by atoms with Crippen LogP contribution in [0.4, 0.5) is 0 Å². The number of imidazole rings is 1. The van der Waals surface area contributed by atoms with Crippen LogP contribution in [0.3, 0.4) is 0 Å². The lowest BCUT2D eigenvalue weighted by atomic mass is 10.1. The van der Waals surface area contributed by atoms with E-state index in [0.29, 0.717) is 0 Å². The highest BCUT2D eigenvalue weighted by molar-refractivity contribution is 5.89. The molecule has 23 heavy (non-hydrogen) atoms. The van der Waals surface area contributed by atoms with Gasteiger partial charge in [0.1, 0.15) is 7.05 Å². The Morgan fingerprint density at radius 1 is 1.13 bits per heavy atom. The van der Waals surface area contributed by atoms with Gasteiger partial charge >= 0.3 is 0 Å². The molecule has 4 heterocycles. The standard InChI is InChI=1S/C19H17N4/c1-12-6-7-13-8-9-14-11-16-20-15-5-4-10-21(2)19(15)23(16)18(14)17(13)22(12)3/h4-9H,11H2,1-3H3/q+1. The van der Waals surface area contributed by atoms with E-state index in [1.807, 2.05) is 23.7 Å². The highest BCUT2D eigenvalue weighted by Gasteiger charge is 2.32. The number of nitrogens with zero attached hydrogens (tertiary/aromatic N) is 4. The fraction of sp³-hybridized carbons (Fsp3) is 0.211. The Kier molecular flexibility index (Phi) is 2.31. The Labute approximate surface area is 134 Å². The Bertz CT molecular complexity index is 1120. The van der Waals surface area contributed by atoms with Crippen LogP contribution < -0.4 is 9.13 Å². The minimum atomic E-state index is 0.883. The number of benzene rings is 1. The van der Waals surface area contributed by atoms with Crippen molar-refractivity contribution in [3.63, 3.8) is 0 Å². The average Bonchev–Trinajstić information content (AvgIpc) is 3.06. The predicted molar refractivity (Wildman–Crippen MR) is 87.3 cm³/mol. The van der Waals surface area contributed by atoms with Gasteiger partial charge in [0.15, 0.2) is 17.2 Å². The van der Waals surface area contributed by atoms with Crippen molar-refractivity contribution < 1.29 is 9.13 Å². The molecule has 4 heteroatoms. The molecule has 1 aliphatic rings. The molecule has 0 unspecified atom stereocenters. The number of pyridine rings is 2. The molecule has 0 atom stereocenters. The summed E-state index contributed by atoms with van der Waals surface area (Å²) in [6, 6.07) is 12.8. The van der Waals surface area contributed by atoms with Gasteiger partial charge in [-0.25, -0.2) is 9.55 Å². The fourth-order valence-electron chi connectivity index (χ4n) is 3.74. The summed E-state index contributed by atoms with van der Waals surface area (Å²) in [6.45, 7) is 2.15. The van der Waals surface area contributed by atoms with Crippen molar-refractivity contribution in [1.82, 2.24) is 9.55 Å². The van der Waals surface area contributed by atoms with Crippen molar-refractivity contribution in [2.75, 3.05) is 0 Å². The smallest absolute Gasteiger partial charge is 0.259 e. The van der Waals surface area contributed by atoms with E-state index in [4.69, 9.17) is 4.98 Å². The maximum Gasteiger partial charge on any atom is 0.259 e. The Hall–Kier alpha value is -2.75. The average molecular weight is 301 g/mol. The highest BCUT2D eigenvalue weighted by atomic mass is 15.2. The van der Waals surface area contributed by atoms with E-state index in [0.717, 1.165) is 23.4 Å². The van der Waals surface area contributed by atoms with E-state index in [1.165, 1.54) is 27.8 Å². The second kappa shape index (κ2) is 4.16. The first-order chi connectivity index (χ1) is 11.1. The molecule has 0 saturated heterocycles. The van der Waals surface area contributed by atoms with Gasteiger partial charge in [-0.05, 0) is 12.1 Å². The molecule has 1 aliphatic heterocycles. The lowest BCUT2D eigenvalue weighted by molar-refractivity contribution is -0.653. The van der Waals surface area contributed by atoms with Gasteiger partial charge < -0.3 is 4.57 Å². The third-order valence-corrected chi connectivity index (χ3v) is 4.98. The van der Waals surface area contributed by atoms with Gasteiger partial charge in [0.2, 0.25) is 5.65 Å². The van der Waals surface area contributed by atoms with Gasteiger partial charge in [-0.15, -0.1) is 12.1 Å². The molecule has 3 aromatic heterocycles. The molecule has 1 aromatic carbocycles. The van der Waals surface area contributed by atoms with Gasteiger partial charge in [0.05, 0.1) is 18.9 Å². The summed E-state index contributed by atoms with van der Waals surface area (Å²) in [6.07, 6.45) is 4.13. The van der Waals surface area contributed by atoms with E-state index in [1.54, 1.807) is 0 Å². The van der Waals surface area contributed by atoms with Crippen LogP contribution in [-0.2, 0) is 20.5 Å². The molecular formula is C19H17N4+. The van der Waals surface area contributed by atoms with Crippen LogP contribution in [0.25, 0.3) is 27.8 Å². The molecular weight excluding hydrogens is 284 g/mol. The summed E-state index contributed by atoms with van der Waals surface area (Å²) in [5.74, 6) is 1.11. The van der Waals surface area contributed by atoms with E-state index in [2.05, 4.69) is 53.6 Å². The first-order valence-electron chi connectivity index (χ1n) is 7.85. The number of fused-ring (bicyclic) bond motifs is 7. The quantitative estimate of drug-likeness (QED) is 0.316. The first kappa shape index (κ1) is 12.8. The van der Waals surface area contributed by atoms with Gasteiger partial charge in [-0.1, -0.05) is 6.07 Å². The normalized spacial score (nSPS) is 12.8. The van der Waals surface area contributed by atoms with Crippen LogP contribution in [0.15, 0.2) is 36.4 Å². The molecule has 4 nitrogen and oxygen atoms in total. The van der Waals surface area contributed by atoms with Crippen LogP contribution in [0.1, 0.15) is 17.1 Å². The second-order valence-electron chi connectivity index (χ2n) is 6.32. The predicted octanol–water partition coefficient (Wildman–Crippen LogP) is 1.84. The zero-order valence-electron chi connectivity index (χ0n) is 13.5. The summed E-state index contributed by atoms with van der Waals surface area (Å²) in [7, 11) is 4.17. The fourth-order valence-corrected chi connectivity index (χ4v) is 3.74. The maximum absolute atomic E-state index is 4.84. The number of hydrogen-bond donors (Lipinski definition) is 0. The zero-order chi connectivity index (χ0) is 15.7. The van der Waals surface area contributed by atoms with E-state index in [-0.39, 0.29) is 0 Å². The molecule has 0 spiro atoms. The molecule has 5 rings (SSSR count). The zero-order valence-corrected chi connectivity index (χ0v) is 13.5. The number of hydrogen-bond acceptors (Lipinski definition) is 1. The molecule has 4 aromatic rings. The third-order valence-electron chi connectivity index (χ3n) is 4.98. The van der Waals surface area contributed by atoms with Gasteiger partial charge in [-0.2, -0.15) is 4.57 Å². The lowest BCUT2D eigenvalue weighted by Crippen LogP contribution is -2.34. The summed E-state index contributed by atoms with van der Waals surface area (Å²) < 4.78 is 6.63. The SMILES string of the molecule is Cc1ccc2ccc3c(c2[n+]1C)-n1c(nc2cc[c-][n+](C)c21)C3. The first-order valence-corrected chi connectivity index (χ1v) is 7.85. The molecule has 0 radical (unpaired) electrons. The Morgan fingerprint density at radius 2 is 1.96 bits per heavy atom. The molecule has 0 saturated carbocycles. The Morgan fingerprint density at radius 3 is 2.83 bits per heavy atom. The molecule has 0 aliphatic carbocycles. The third kappa shape index (κ3) is 1.53. The van der Waals surface area contributed by atoms with Crippen LogP contribution >= 0.6 is 0 Å². The number of aryl methyl sites for hydroxylation is 3. The van der Waals surface area contributed by atoms with Crippen molar-refractivity contribution in [1.29, 1.82) is 0 Å².